The molecule has 0 aromatic heterocycles. The van der Waals surface area contributed by atoms with Crippen molar-refractivity contribution in [2.45, 2.75) is 52.9 Å². The molecule has 0 atom stereocenters. The van der Waals surface area contributed by atoms with Crippen LogP contribution in [0, 0.1) is 6.92 Å². The highest BCUT2D eigenvalue weighted by molar-refractivity contribution is 6.03. The molecule has 1 aliphatic rings. The van der Waals surface area contributed by atoms with Gasteiger partial charge in [-0.05, 0) is 45.0 Å². The Morgan fingerprint density at radius 3 is 2.50 bits per heavy atom. The summed E-state index contributed by atoms with van der Waals surface area (Å²) in [5.41, 5.74) is 6.11. The molecule has 2 aromatic rings. The van der Waals surface area contributed by atoms with Gasteiger partial charge in [0.05, 0.1) is 5.41 Å². The fourth-order valence-corrected chi connectivity index (χ4v) is 4.09. The number of nitrogens with zero attached hydrogens (tertiary/aromatic N) is 2. The molecule has 1 aliphatic heterocycles. The second-order valence-electron chi connectivity index (χ2n) is 8.46. The Hall–Kier alpha value is -2.94. The molecule has 0 unspecified atom stereocenters. The highest BCUT2D eigenvalue weighted by Crippen LogP contribution is 2.40. The summed E-state index contributed by atoms with van der Waals surface area (Å²) in [5.74, 6) is -0.00727. The van der Waals surface area contributed by atoms with E-state index < -0.39 is 0 Å². The number of carbonyl (C=O) groups is 1. The van der Waals surface area contributed by atoms with Gasteiger partial charge < -0.3 is 0 Å². The molecule has 156 valence electrons. The van der Waals surface area contributed by atoms with E-state index in [9.17, 15) is 4.79 Å². The average Bonchev–Trinajstić information content (AvgIpc) is 2.92. The van der Waals surface area contributed by atoms with E-state index in [0.29, 0.717) is 0 Å². The number of para-hydroxylation sites is 1. The first kappa shape index (κ1) is 21.8. The quantitative estimate of drug-likeness (QED) is 0.395. The van der Waals surface area contributed by atoms with E-state index in [1.54, 1.807) is 11.8 Å². The topological polar surface area (TPSA) is 23.3 Å². The molecule has 3 rings (SSSR count). The number of amides is 1. The molecule has 0 bridgehead atoms. The number of fused-ring (bicyclic) bond motifs is 1. The van der Waals surface area contributed by atoms with Crippen LogP contribution >= 0.6 is 0 Å². The third-order valence-electron chi connectivity index (χ3n) is 5.76. The summed E-state index contributed by atoms with van der Waals surface area (Å²) in [5, 5.41) is 0. The number of anilines is 1. The first-order chi connectivity index (χ1) is 14.4. The van der Waals surface area contributed by atoms with Gasteiger partial charge in [-0.25, -0.2) is 0 Å². The molecule has 0 spiro atoms. The first-order valence-electron chi connectivity index (χ1n) is 10.8. The first-order valence-corrected chi connectivity index (χ1v) is 10.8. The van der Waals surface area contributed by atoms with Crippen LogP contribution in [0.3, 0.4) is 0 Å². The van der Waals surface area contributed by atoms with Gasteiger partial charge in [-0.2, -0.15) is 4.58 Å². The predicted molar refractivity (Wildman–Crippen MR) is 127 cm³/mol. The highest BCUT2D eigenvalue weighted by atomic mass is 16.2. The van der Waals surface area contributed by atoms with Crippen molar-refractivity contribution in [3.63, 3.8) is 0 Å². The Labute approximate surface area is 181 Å². The number of aryl methyl sites for hydroxylation is 1. The van der Waals surface area contributed by atoms with E-state index in [-0.39, 0.29) is 11.3 Å². The number of unbranched alkanes of at least 4 members (excludes halogenated alkanes) is 1. The number of hydrogen-bond donors (Lipinski definition) is 0. The van der Waals surface area contributed by atoms with Gasteiger partial charge >= 0.3 is 0 Å². The Balaban J connectivity index is 1.91. The van der Waals surface area contributed by atoms with Crippen molar-refractivity contribution in [2.24, 2.45) is 0 Å². The summed E-state index contributed by atoms with van der Waals surface area (Å²) in [6.45, 7) is 11.6. The Kier molecular flexibility index (Phi) is 6.71. The molecule has 0 radical (unpaired) electrons. The maximum atomic E-state index is 12.1. The van der Waals surface area contributed by atoms with Crippen molar-refractivity contribution in [2.75, 3.05) is 11.4 Å². The van der Waals surface area contributed by atoms with Gasteiger partial charge in [0, 0.05) is 42.9 Å². The van der Waals surface area contributed by atoms with Crippen molar-refractivity contribution < 1.29 is 9.37 Å². The zero-order valence-electron chi connectivity index (χ0n) is 18.9. The Morgan fingerprint density at radius 1 is 1.10 bits per heavy atom. The minimum atomic E-state index is -0.0564. The van der Waals surface area contributed by atoms with E-state index in [1.165, 1.54) is 28.9 Å². The summed E-state index contributed by atoms with van der Waals surface area (Å²) in [6, 6.07) is 16.5. The monoisotopic (exact) mass is 401 g/mol. The smallest absolute Gasteiger partial charge is 0.227 e. The number of allylic oxidation sites excluding steroid dienone is 3. The van der Waals surface area contributed by atoms with E-state index in [2.05, 4.69) is 56.5 Å². The number of benzene rings is 2. The van der Waals surface area contributed by atoms with Crippen molar-refractivity contribution >= 4 is 23.0 Å². The van der Waals surface area contributed by atoms with Crippen molar-refractivity contribution in [1.29, 1.82) is 0 Å². The van der Waals surface area contributed by atoms with Gasteiger partial charge in [-0.3, -0.25) is 9.69 Å². The minimum Gasteiger partial charge on any atom is -0.288 e. The predicted octanol–water partition coefficient (Wildman–Crippen LogP) is 6.29. The van der Waals surface area contributed by atoms with Crippen LogP contribution in [0.25, 0.3) is 0 Å². The number of rotatable bonds is 7. The van der Waals surface area contributed by atoms with Crippen LogP contribution in [-0.4, -0.2) is 22.7 Å². The van der Waals surface area contributed by atoms with Crippen LogP contribution in [-0.2, 0) is 10.2 Å². The Morgan fingerprint density at radius 2 is 1.83 bits per heavy atom. The van der Waals surface area contributed by atoms with E-state index in [4.69, 9.17) is 0 Å². The molecule has 1 heterocycles. The zero-order valence-corrected chi connectivity index (χ0v) is 18.9. The lowest BCUT2D eigenvalue weighted by Gasteiger charge is -2.16. The molecule has 0 N–H and O–H groups in total. The molecular weight excluding hydrogens is 368 g/mol. The molecule has 0 saturated heterocycles. The summed E-state index contributed by atoms with van der Waals surface area (Å²) >= 11 is 0. The fourth-order valence-electron chi connectivity index (χ4n) is 4.09. The number of hydrogen-bond acceptors (Lipinski definition) is 1. The number of carbonyl (C=O) groups excluding carboxylic acids is 1. The normalized spacial score (nSPS) is 15.2. The minimum absolute atomic E-state index is 0.00727. The molecule has 2 aromatic carbocycles. The van der Waals surface area contributed by atoms with Gasteiger partial charge in [0.1, 0.15) is 6.54 Å². The van der Waals surface area contributed by atoms with Crippen molar-refractivity contribution in [3.05, 3.63) is 84.1 Å². The third-order valence-corrected chi connectivity index (χ3v) is 5.76. The standard InChI is InChI=1S/C27H33N2O/c1-6-7-18-29-25-17-16-21(2)20-24(25)27(4,5)26(29)15-11-12-19-28(22(3)30)23-13-9-8-10-14-23/h8-17,19-20H,6-7,18H2,1-5H3/q+1. The van der Waals surface area contributed by atoms with Crippen molar-refractivity contribution in [3.8, 4) is 0 Å². The van der Waals surface area contributed by atoms with Gasteiger partial charge in [0.15, 0.2) is 5.71 Å². The molecule has 30 heavy (non-hydrogen) atoms. The molecule has 0 aliphatic carbocycles. The van der Waals surface area contributed by atoms with Crippen LogP contribution in [0.1, 0.15) is 51.7 Å². The maximum absolute atomic E-state index is 12.1. The van der Waals surface area contributed by atoms with Crippen LogP contribution in [0.15, 0.2) is 73.0 Å². The second kappa shape index (κ2) is 9.25. The zero-order chi connectivity index (χ0) is 21.7. The van der Waals surface area contributed by atoms with Gasteiger partial charge in [-0.1, -0.05) is 49.2 Å². The van der Waals surface area contributed by atoms with Crippen LogP contribution in [0.4, 0.5) is 11.4 Å². The van der Waals surface area contributed by atoms with E-state index in [1.807, 2.05) is 48.7 Å². The lowest BCUT2D eigenvalue weighted by atomic mass is 9.81. The molecule has 0 fully saturated rings. The molecule has 3 heteroatoms. The van der Waals surface area contributed by atoms with E-state index >= 15 is 0 Å². The third kappa shape index (κ3) is 4.46. The van der Waals surface area contributed by atoms with Gasteiger partial charge in [-0.15, -0.1) is 0 Å². The summed E-state index contributed by atoms with van der Waals surface area (Å²) in [7, 11) is 0. The van der Waals surface area contributed by atoms with E-state index in [0.717, 1.165) is 18.7 Å². The largest absolute Gasteiger partial charge is 0.288 e. The average molecular weight is 402 g/mol. The van der Waals surface area contributed by atoms with Crippen molar-refractivity contribution in [1.82, 2.24) is 0 Å². The van der Waals surface area contributed by atoms with Gasteiger partial charge in [0.25, 0.3) is 0 Å². The summed E-state index contributed by atoms with van der Waals surface area (Å²) in [4.78, 5) is 13.8. The Bertz CT molecular complexity index is 997. The molecule has 3 nitrogen and oxygen atoms in total. The summed E-state index contributed by atoms with van der Waals surface area (Å²) in [6.07, 6.45) is 10.4. The SMILES string of the molecule is CCCC[N+]1=C(/C=C/C=C/N(C(C)=O)c2ccccc2)C(C)(C)c2cc(C)ccc21. The van der Waals surface area contributed by atoms with Gasteiger partial charge in [0.2, 0.25) is 11.6 Å². The molecule has 1 amide bonds. The lowest BCUT2D eigenvalue weighted by Crippen LogP contribution is -2.28. The maximum Gasteiger partial charge on any atom is 0.227 e. The van der Waals surface area contributed by atoms with Crippen LogP contribution < -0.4 is 4.90 Å². The van der Waals surface area contributed by atoms with Crippen LogP contribution in [0.5, 0.6) is 0 Å². The van der Waals surface area contributed by atoms with Crippen LogP contribution in [0.2, 0.25) is 0 Å². The molecular formula is C27H33N2O+. The summed E-state index contributed by atoms with van der Waals surface area (Å²) < 4.78 is 2.46. The second-order valence-corrected chi connectivity index (χ2v) is 8.46. The molecule has 0 saturated carbocycles. The lowest BCUT2D eigenvalue weighted by molar-refractivity contribution is -0.438. The highest BCUT2D eigenvalue weighted by Gasteiger charge is 2.43. The fraction of sp³-hybridized carbons (Fsp3) is 0.333.